The van der Waals surface area contributed by atoms with Crippen molar-refractivity contribution in [2.45, 2.75) is 19.3 Å². The summed E-state index contributed by atoms with van der Waals surface area (Å²) < 4.78 is 0. The van der Waals surface area contributed by atoms with Gasteiger partial charge in [0, 0.05) is 5.69 Å². The fourth-order valence-electron chi connectivity index (χ4n) is 1.67. The molecule has 0 saturated carbocycles. The van der Waals surface area contributed by atoms with Crippen LogP contribution in [-0.2, 0) is 12.8 Å². The van der Waals surface area contributed by atoms with E-state index >= 15 is 0 Å². The zero-order valence-corrected chi connectivity index (χ0v) is 7.17. The Kier molecular flexibility index (Phi) is 1.87. The van der Waals surface area contributed by atoms with Crippen LogP contribution in [0.25, 0.3) is 0 Å². The Hall–Kier alpha value is -1.60. The van der Waals surface area contributed by atoms with Crippen LogP contribution < -0.4 is 11.3 Å². The van der Waals surface area contributed by atoms with E-state index in [0.29, 0.717) is 11.4 Å². The fraction of sp³-hybridized carbons (Fsp3) is 0.333. The Labute approximate surface area is 76.4 Å². The molecule has 1 aliphatic carbocycles. The van der Waals surface area contributed by atoms with Crippen LogP contribution in [0.1, 0.15) is 23.2 Å². The number of rotatable bonds is 1. The summed E-state index contributed by atoms with van der Waals surface area (Å²) in [6.07, 6.45) is 3.15. The number of aromatic nitrogens is 1. The standard InChI is InChI=1S/C9H10N4/c10-5-7-4-6-2-1-3-8(6)12-9(7)13-11/h4H,1-3,11H2,(H,12,13). The minimum Gasteiger partial charge on any atom is -0.307 e. The van der Waals surface area contributed by atoms with Gasteiger partial charge >= 0.3 is 0 Å². The fourth-order valence-corrected chi connectivity index (χ4v) is 1.67. The number of aryl methyl sites for hydroxylation is 2. The average Bonchev–Trinajstić information content (AvgIpc) is 2.62. The minimum atomic E-state index is 0.489. The lowest BCUT2D eigenvalue weighted by atomic mass is 10.1. The molecule has 1 aliphatic rings. The number of hydrazine groups is 1. The molecule has 0 atom stereocenters. The second kappa shape index (κ2) is 3.04. The molecule has 0 bridgehead atoms. The number of fused-ring (bicyclic) bond motifs is 1. The number of hydrogen-bond donors (Lipinski definition) is 2. The molecule has 0 spiro atoms. The lowest BCUT2D eigenvalue weighted by Gasteiger charge is -2.04. The third kappa shape index (κ3) is 1.23. The van der Waals surface area contributed by atoms with Gasteiger partial charge in [0.2, 0.25) is 0 Å². The van der Waals surface area contributed by atoms with Crippen LogP contribution in [0.15, 0.2) is 6.07 Å². The van der Waals surface area contributed by atoms with Gasteiger partial charge in [-0.3, -0.25) is 0 Å². The Morgan fingerprint density at radius 1 is 1.54 bits per heavy atom. The molecule has 4 nitrogen and oxygen atoms in total. The molecule has 2 rings (SSSR count). The van der Waals surface area contributed by atoms with Crippen molar-refractivity contribution in [2.24, 2.45) is 5.84 Å². The van der Waals surface area contributed by atoms with E-state index in [-0.39, 0.29) is 0 Å². The predicted molar refractivity (Wildman–Crippen MR) is 48.8 cm³/mol. The van der Waals surface area contributed by atoms with Gasteiger partial charge in [0.25, 0.3) is 0 Å². The van der Waals surface area contributed by atoms with Crippen LogP contribution >= 0.6 is 0 Å². The lowest BCUT2D eigenvalue weighted by molar-refractivity contribution is 0.899. The summed E-state index contributed by atoms with van der Waals surface area (Å²) in [6, 6.07) is 3.95. The van der Waals surface area contributed by atoms with Gasteiger partial charge < -0.3 is 5.43 Å². The summed E-state index contributed by atoms with van der Waals surface area (Å²) in [5.41, 5.74) is 5.24. The van der Waals surface area contributed by atoms with E-state index in [1.54, 1.807) is 0 Å². The minimum absolute atomic E-state index is 0.489. The first-order valence-electron chi connectivity index (χ1n) is 4.24. The van der Waals surface area contributed by atoms with Gasteiger partial charge in [0.1, 0.15) is 6.07 Å². The SMILES string of the molecule is N#Cc1cc2c(nc1NN)CCC2. The van der Waals surface area contributed by atoms with Crippen molar-refractivity contribution in [3.05, 3.63) is 22.9 Å². The van der Waals surface area contributed by atoms with E-state index < -0.39 is 0 Å². The zero-order chi connectivity index (χ0) is 9.26. The lowest BCUT2D eigenvalue weighted by Crippen LogP contribution is -2.11. The molecule has 1 aromatic heterocycles. The highest BCUT2D eigenvalue weighted by Crippen LogP contribution is 2.24. The summed E-state index contributed by atoms with van der Waals surface area (Å²) in [7, 11) is 0. The van der Waals surface area contributed by atoms with Gasteiger partial charge in [-0.25, -0.2) is 10.8 Å². The third-order valence-corrected chi connectivity index (χ3v) is 2.31. The summed E-state index contributed by atoms with van der Waals surface area (Å²) in [5.74, 6) is 5.75. The predicted octanol–water partition coefficient (Wildman–Crippen LogP) is 0.728. The van der Waals surface area contributed by atoms with Crippen LogP contribution in [-0.4, -0.2) is 4.98 Å². The van der Waals surface area contributed by atoms with Crippen molar-refractivity contribution >= 4 is 5.82 Å². The van der Waals surface area contributed by atoms with Crippen molar-refractivity contribution < 1.29 is 0 Å². The molecule has 0 radical (unpaired) electrons. The Morgan fingerprint density at radius 2 is 2.38 bits per heavy atom. The molecule has 0 fully saturated rings. The first-order valence-corrected chi connectivity index (χ1v) is 4.24. The number of nitrogens with two attached hydrogens (primary N) is 1. The Bertz CT molecular complexity index is 378. The highest BCUT2D eigenvalue weighted by atomic mass is 15.2. The van der Waals surface area contributed by atoms with Crippen molar-refractivity contribution in [1.82, 2.24) is 4.98 Å². The molecular formula is C9H10N4. The summed E-state index contributed by atoms with van der Waals surface area (Å²) >= 11 is 0. The third-order valence-electron chi connectivity index (χ3n) is 2.31. The second-order valence-electron chi connectivity index (χ2n) is 3.10. The normalized spacial score (nSPS) is 13.5. The number of nitrogen functional groups attached to an aromatic ring is 1. The molecule has 0 unspecified atom stereocenters. The summed E-state index contributed by atoms with van der Waals surface area (Å²) in [6.45, 7) is 0. The maximum Gasteiger partial charge on any atom is 0.158 e. The van der Waals surface area contributed by atoms with Crippen LogP contribution in [0.2, 0.25) is 0 Å². The molecular weight excluding hydrogens is 164 g/mol. The number of anilines is 1. The molecule has 0 aliphatic heterocycles. The Morgan fingerprint density at radius 3 is 3.08 bits per heavy atom. The maximum atomic E-state index is 8.80. The van der Waals surface area contributed by atoms with Crippen molar-refractivity contribution in [1.29, 1.82) is 5.26 Å². The number of hydrogen-bond acceptors (Lipinski definition) is 4. The highest BCUT2D eigenvalue weighted by molar-refractivity contribution is 5.54. The first-order chi connectivity index (χ1) is 6.35. The quantitative estimate of drug-likeness (QED) is 0.486. The van der Waals surface area contributed by atoms with E-state index in [4.69, 9.17) is 11.1 Å². The first kappa shape index (κ1) is 8.02. The molecule has 4 heteroatoms. The summed E-state index contributed by atoms with van der Waals surface area (Å²) in [4.78, 5) is 4.28. The van der Waals surface area contributed by atoms with Crippen LogP contribution in [0.4, 0.5) is 5.82 Å². The van der Waals surface area contributed by atoms with Crippen molar-refractivity contribution in [3.63, 3.8) is 0 Å². The zero-order valence-electron chi connectivity index (χ0n) is 7.17. The molecule has 3 N–H and O–H groups in total. The van der Waals surface area contributed by atoms with Gasteiger partial charge in [-0.05, 0) is 30.9 Å². The number of nitriles is 1. The number of pyridine rings is 1. The van der Waals surface area contributed by atoms with Crippen LogP contribution in [0, 0.1) is 11.3 Å². The van der Waals surface area contributed by atoms with E-state index in [1.807, 2.05) is 6.07 Å². The molecule has 13 heavy (non-hydrogen) atoms. The van der Waals surface area contributed by atoms with Gasteiger partial charge in [-0.1, -0.05) is 0 Å². The molecule has 0 amide bonds. The van der Waals surface area contributed by atoms with Crippen LogP contribution in [0.3, 0.4) is 0 Å². The second-order valence-corrected chi connectivity index (χ2v) is 3.10. The van der Waals surface area contributed by atoms with E-state index in [9.17, 15) is 0 Å². The molecule has 0 aromatic carbocycles. The topological polar surface area (TPSA) is 74.7 Å². The highest BCUT2D eigenvalue weighted by Gasteiger charge is 2.15. The van der Waals surface area contributed by atoms with E-state index in [2.05, 4.69) is 16.5 Å². The van der Waals surface area contributed by atoms with Gasteiger partial charge in [-0.2, -0.15) is 5.26 Å². The van der Waals surface area contributed by atoms with Gasteiger partial charge in [0.05, 0.1) is 5.56 Å². The summed E-state index contributed by atoms with van der Waals surface area (Å²) in [5, 5.41) is 8.80. The largest absolute Gasteiger partial charge is 0.307 e. The van der Waals surface area contributed by atoms with Gasteiger partial charge in [-0.15, -0.1) is 0 Å². The van der Waals surface area contributed by atoms with Gasteiger partial charge in [0.15, 0.2) is 5.82 Å². The van der Waals surface area contributed by atoms with E-state index in [0.717, 1.165) is 25.0 Å². The van der Waals surface area contributed by atoms with Crippen molar-refractivity contribution in [3.8, 4) is 6.07 Å². The maximum absolute atomic E-state index is 8.80. The monoisotopic (exact) mass is 174 g/mol. The Balaban J connectivity index is 2.55. The molecule has 1 aromatic rings. The van der Waals surface area contributed by atoms with E-state index in [1.165, 1.54) is 5.56 Å². The van der Waals surface area contributed by atoms with Crippen LogP contribution in [0.5, 0.6) is 0 Å². The molecule has 1 heterocycles. The van der Waals surface area contributed by atoms with Crippen molar-refractivity contribution in [2.75, 3.05) is 5.43 Å². The smallest absolute Gasteiger partial charge is 0.158 e. The molecule has 0 saturated heterocycles. The average molecular weight is 174 g/mol. The number of nitrogens with one attached hydrogen (secondary N) is 1. The molecule has 66 valence electrons. The number of nitrogens with zero attached hydrogens (tertiary/aromatic N) is 2.